The summed E-state index contributed by atoms with van der Waals surface area (Å²) in [6.45, 7) is 5.12. The van der Waals surface area contributed by atoms with Crippen LogP contribution in [0, 0.1) is 0 Å². The Balaban J connectivity index is 1.73. The van der Waals surface area contributed by atoms with Gasteiger partial charge in [-0.25, -0.2) is 4.98 Å². The predicted molar refractivity (Wildman–Crippen MR) is 119 cm³/mol. The first-order valence-corrected chi connectivity index (χ1v) is 10.8. The normalized spacial score (nSPS) is 21.1. The topological polar surface area (TPSA) is 75.9 Å². The third kappa shape index (κ3) is 4.08. The number of carbonyl (C=O) groups is 1. The van der Waals surface area contributed by atoms with Crippen molar-refractivity contribution in [3.05, 3.63) is 45.2 Å². The molecule has 1 atom stereocenters. The van der Waals surface area contributed by atoms with Gasteiger partial charge in [-0.15, -0.1) is 0 Å². The van der Waals surface area contributed by atoms with Crippen LogP contribution in [0.25, 0.3) is 11.7 Å². The number of hydrogen-bond acceptors (Lipinski definition) is 7. The average molecular weight is 431 g/mol. The molecular formula is C20H22N4O3S2. The van der Waals surface area contributed by atoms with Crippen molar-refractivity contribution >= 4 is 51.7 Å². The van der Waals surface area contributed by atoms with Gasteiger partial charge in [0.25, 0.3) is 11.5 Å². The van der Waals surface area contributed by atoms with Crippen molar-refractivity contribution in [1.82, 2.24) is 14.3 Å². The van der Waals surface area contributed by atoms with Gasteiger partial charge in [-0.2, -0.15) is 0 Å². The number of fused-ring (bicyclic) bond motifs is 1. The summed E-state index contributed by atoms with van der Waals surface area (Å²) in [7, 11) is 0. The van der Waals surface area contributed by atoms with Crippen molar-refractivity contribution < 1.29 is 9.53 Å². The molecule has 0 unspecified atom stereocenters. The Morgan fingerprint density at radius 1 is 1.41 bits per heavy atom. The molecule has 4 rings (SSSR count). The van der Waals surface area contributed by atoms with E-state index >= 15 is 0 Å². The van der Waals surface area contributed by atoms with Gasteiger partial charge in [0.2, 0.25) is 0 Å². The highest BCUT2D eigenvalue weighted by Gasteiger charge is 2.35. The first-order chi connectivity index (χ1) is 13.9. The van der Waals surface area contributed by atoms with Crippen molar-refractivity contribution in [1.29, 1.82) is 0 Å². The number of carbonyl (C=O) groups excluding carboxylic acids is 1. The Kier molecular flexibility index (Phi) is 5.71. The number of aromatic nitrogens is 2. The van der Waals surface area contributed by atoms with E-state index in [9.17, 15) is 9.59 Å². The van der Waals surface area contributed by atoms with E-state index in [2.05, 4.69) is 10.3 Å². The molecule has 152 valence electrons. The molecular weight excluding hydrogens is 408 g/mol. The van der Waals surface area contributed by atoms with E-state index in [0.717, 1.165) is 19.4 Å². The second kappa shape index (κ2) is 8.25. The summed E-state index contributed by atoms with van der Waals surface area (Å²) in [6, 6.07) is 5.46. The third-order valence-electron chi connectivity index (χ3n) is 4.75. The largest absolute Gasteiger partial charge is 0.376 e. The molecule has 2 aromatic rings. The second-order valence-electron chi connectivity index (χ2n) is 7.33. The van der Waals surface area contributed by atoms with Crippen LogP contribution in [0.15, 0.2) is 34.1 Å². The highest BCUT2D eigenvalue weighted by molar-refractivity contribution is 8.26. The summed E-state index contributed by atoms with van der Waals surface area (Å²) in [5.74, 6) is 0.268. The number of amides is 1. The van der Waals surface area contributed by atoms with Crippen molar-refractivity contribution in [2.75, 3.05) is 18.5 Å². The molecule has 7 nitrogen and oxygen atoms in total. The van der Waals surface area contributed by atoms with E-state index in [0.29, 0.717) is 32.8 Å². The molecule has 2 aliphatic rings. The Morgan fingerprint density at radius 3 is 2.97 bits per heavy atom. The van der Waals surface area contributed by atoms with Gasteiger partial charge in [0.05, 0.1) is 23.1 Å². The Bertz CT molecular complexity index is 1060. The number of anilines is 1. The predicted octanol–water partition coefficient (Wildman–Crippen LogP) is 2.90. The highest BCUT2D eigenvalue weighted by Crippen LogP contribution is 2.34. The first-order valence-electron chi connectivity index (χ1n) is 9.59. The summed E-state index contributed by atoms with van der Waals surface area (Å²) < 4.78 is 7.61. The van der Waals surface area contributed by atoms with E-state index in [1.54, 1.807) is 29.3 Å². The van der Waals surface area contributed by atoms with Gasteiger partial charge in [0.15, 0.2) is 0 Å². The summed E-state index contributed by atoms with van der Waals surface area (Å²) in [5, 5.41) is 3.22. The highest BCUT2D eigenvalue weighted by atomic mass is 32.2. The second-order valence-corrected chi connectivity index (χ2v) is 9.01. The Morgan fingerprint density at radius 2 is 2.24 bits per heavy atom. The molecule has 2 aromatic heterocycles. The van der Waals surface area contributed by atoms with Gasteiger partial charge in [0.1, 0.15) is 15.8 Å². The number of thiocarbonyl (C=S) groups is 1. The van der Waals surface area contributed by atoms with E-state index in [1.165, 1.54) is 16.2 Å². The standard InChI is InChI=1S/C20H22N4O3S2/c1-12(2)21-17-14(18(25)23-8-4-3-7-16(23)22-17)10-15-19(26)24(20(28)29-15)11-13-6-5-9-27-13/h3-4,7-8,10,12-13,21H,5-6,9,11H2,1-2H3/b15-10-/t13-/m1/s1. The quantitative estimate of drug-likeness (QED) is 0.577. The molecule has 0 aromatic carbocycles. The fourth-order valence-electron chi connectivity index (χ4n) is 3.40. The molecule has 9 heteroatoms. The maximum Gasteiger partial charge on any atom is 0.267 e. The van der Waals surface area contributed by atoms with Gasteiger partial charge in [-0.05, 0) is 44.9 Å². The molecule has 1 N–H and O–H groups in total. The van der Waals surface area contributed by atoms with Crippen molar-refractivity contribution in [2.45, 2.75) is 38.8 Å². The van der Waals surface area contributed by atoms with E-state index in [1.807, 2.05) is 19.9 Å². The smallest absolute Gasteiger partial charge is 0.267 e. The van der Waals surface area contributed by atoms with Crippen LogP contribution < -0.4 is 10.9 Å². The van der Waals surface area contributed by atoms with Gasteiger partial charge >= 0.3 is 0 Å². The monoisotopic (exact) mass is 430 g/mol. The van der Waals surface area contributed by atoms with Crippen LogP contribution in [0.5, 0.6) is 0 Å². The molecule has 29 heavy (non-hydrogen) atoms. The lowest BCUT2D eigenvalue weighted by Gasteiger charge is -2.18. The lowest BCUT2D eigenvalue weighted by atomic mass is 10.2. The van der Waals surface area contributed by atoms with Gasteiger partial charge in [0, 0.05) is 18.8 Å². The first kappa shape index (κ1) is 20.1. The van der Waals surface area contributed by atoms with Gasteiger partial charge in [-0.3, -0.25) is 18.9 Å². The molecule has 2 saturated heterocycles. The van der Waals surface area contributed by atoms with Crippen LogP contribution in [-0.2, 0) is 9.53 Å². The lowest BCUT2D eigenvalue weighted by molar-refractivity contribution is -0.123. The molecule has 4 heterocycles. The lowest BCUT2D eigenvalue weighted by Crippen LogP contribution is -2.35. The number of thioether (sulfide) groups is 1. The molecule has 0 aliphatic carbocycles. The van der Waals surface area contributed by atoms with Gasteiger partial charge in [-0.1, -0.05) is 30.0 Å². The molecule has 2 fully saturated rings. The fourth-order valence-corrected chi connectivity index (χ4v) is 4.65. The number of nitrogens with one attached hydrogen (secondary N) is 1. The van der Waals surface area contributed by atoms with Crippen LogP contribution in [0.2, 0.25) is 0 Å². The van der Waals surface area contributed by atoms with E-state index in [-0.39, 0.29) is 23.6 Å². The van der Waals surface area contributed by atoms with Crippen molar-refractivity contribution in [2.24, 2.45) is 0 Å². The summed E-state index contributed by atoms with van der Waals surface area (Å²) in [4.78, 5) is 32.7. The zero-order valence-electron chi connectivity index (χ0n) is 16.3. The number of ether oxygens (including phenoxy) is 1. The maximum absolute atomic E-state index is 13.1. The summed E-state index contributed by atoms with van der Waals surface area (Å²) in [6.07, 6.45) is 5.22. The Hall–Kier alpha value is -2.23. The van der Waals surface area contributed by atoms with Crippen LogP contribution in [0.1, 0.15) is 32.3 Å². The van der Waals surface area contributed by atoms with E-state index in [4.69, 9.17) is 17.0 Å². The van der Waals surface area contributed by atoms with Gasteiger partial charge < -0.3 is 10.1 Å². The minimum Gasteiger partial charge on any atom is -0.376 e. The van der Waals surface area contributed by atoms with Crippen LogP contribution in [-0.4, -0.2) is 49.8 Å². The maximum atomic E-state index is 13.1. The minimum absolute atomic E-state index is 0.0166. The number of rotatable bonds is 5. The molecule has 0 bridgehead atoms. The molecule has 0 radical (unpaired) electrons. The van der Waals surface area contributed by atoms with Crippen molar-refractivity contribution in [3.63, 3.8) is 0 Å². The molecule has 2 aliphatic heterocycles. The molecule has 0 saturated carbocycles. The number of pyridine rings is 1. The van der Waals surface area contributed by atoms with E-state index < -0.39 is 0 Å². The number of nitrogens with zero attached hydrogens (tertiary/aromatic N) is 3. The molecule has 1 amide bonds. The fraction of sp³-hybridized carbons (Fsp3) is 0.400. The SMILES string of the molecule is CC(C)Nc1nc2ccccn2c(=O)c1/C=C1\SC(=S)N(C[C@H]2CCCO2)C1=O. The van der Waals surface area contributed by atoms with Crippen LogP contribution in [0.4, 0.5) is 5.82 Å². The summed E-state index contributed by atoms with van der Waals surface area (Å²) in [5.41, 5.74) is 0.659. The molecule has 0 spiro atoms. The Labute approximate surface area is 178 Å². The number of hydrogen-bond donors (Lipinski definition) is 1. The third-order valence-corrected chi connectivity index (χ3v) is 6.13. The zero-order valence-corrected chi connectivity index (χ0v) is 17.9. The van der Waals surface area contributed by atoms with Crippen LogP contribution in [0.3, 0.4) is 0 Å². The average Bonchev–Trinajstić information content (AvgIpc) is 3.28. The van der Waals surface area contributed by atoms with Crippen LogP contribution >= 0.6 is 24.0 Å². The minimum atomic E-state index is -0.233. The van der Waals surface area contributed by atoms with Crippen molar-refractivity contribution in [3.8, 4) is 0 Å². The zero-order chi connectivity index (χ0) is 20.5. The summed E-state index contributed by atoms with van der Waals surface area (Å²) >= 11 is 6.63.